The molecule has 2 aromatic rings. The van der Waals surface area contributed by atoms with Gasteiger partial charge in [-0.1, -0.05) is 41.4 Å². The SMILES string of the molecule is Cc1ccc(CN(CC(=O)NC[C@H]2CCCO2)S(=O)(=O)c2ccc(Cl)cc2)cc1. The van der Waals surface area contributed by atoms with E-state index in [-0.39, 0.29) is 30.0 Å². The van der Waals surface area contributed by atoms with E-state index in [1.807, 2.05) is 31.2 Å². The highest BCUT2D eigenvalue weighted by atomic mass is 35.5. The first-order valence-electron chi connectivity index (χ1n) is 9.54. The van der Waals surface area contributed by atoms with Crippen LogP contribution in [0.5, 0.6) is 0 Å². The Hall–Kier alpha value is -1.93. The summed E-state index contributed by atoms with van der Waals surface area (Å²) in [6, 6.07) is 13.5. The van der Waals surface area contributed by atoms with Crippen LogP contribution in [0.15, 0.2) is 53.4 Å². The molecule has 0 spiro atoms. The number of amides is 1. The molecule has 0 saturated carbocycles. The summed E-state index contributed by atoms with van der Waals surface area (Å²) in [7, 11) is -3.88. The van der Waals surface area contributed by atoms with Crippen LogP contribution in [0, 0.1) is 6.92 Å². The summed E-state index contributed by atoms with van der Waals surface area (Å²) in [4.78, 5) is 12.6. The molecule has 1 fully saturated rings. The van der Waals surface area contributed by atoms with Crippen molar-refractivity contribution in [2.75, 3.05) is 19.7 Å². The van der Waals surface area contributed by atoms with Gasteiger partial charge in [-0.15, -0.1) is 0 Å². The number of hydrogen-bond donors (Lipinski definition) is 1. The Balaban J connectivity index is 1.77. The van der Waals surface area contributed by atoms with Gasteiger partial charge in [0.2, 0.25) is 15.9 Å². The Bertz CT molecular complexity index is 924. The van der Waals surface area contributed by atoms with Gasteiger partial charge in [-0.2, -0.15) is 4.31 Å². The van der Waals surface area contributed by atoms with Gasteiger partial charge < -0.3 is 10.1 Å². The zero-order valence-corrected chi connectivity index (χ0v) is 17.9. The summed E-state index contributed by atoms with van der Waals surface area (Å²) in [6.45, 7) is 2.87. The van der Waals surface area contributed by atoms with Crippen molar-refractivity contribution < 1.29 is 17.9 Å². The summed E-state index contributed by atoms with van der Waals surface area (Å²) in [5.41, 5.74) is 1.88. The van der Waals surface area contributed by atoms with Crippen molar-refractivity contribution >= 4 is 27.5 Å². The zero-order chi connectivity index (χ0) is 20.9. The maximum atomic E-state index is 13.2. The first-order chi connectivity index (χ1) is 13.8. The Labute approximate surface area is 176 Å². The number of halogens is 1. The van der Waals surface area contributed by atoms with E-state index in [1.165, 1.54) is 28.6 Å². The molecule has 3 rings (SSSR count). The summed E-state index contributed by atoms with van der Waals surface area (Å²) in [6.07, 6.45) is 1.87. The Kier molecular flexibility index (Phi) is 7.29. The van der Waals surface area contributed by atoms with E-state index >= 15 is 0 Å². The Morgan fingerprint density at radius 3 is 2.48 bits per heavy atom. The van der Waals surface area contributed by atoms with E-state index in [9.17, 15) is 13.2 Å². The summed E-state index contributed by atoms with van der Waals surface area (Å²) in [5, 5.41) is 3.24. The number of hydrogen-bond acceptors (Lipinski definition) is 4. The van der Waals surface area contributed by atoms with Crippen LogP contribution >= 0.6 is 11.6 Å². The number of carbonyl (C=O) groups excluding carboxylic acids is 1. The van der Waals surface area contributed by atoms with Crippen molar-refractivity contribution in [3.63, 3.8) is 0 Å². The van der Waals surface area contributed by atoms with Crippen molar-refractivity contribution in [3.8, 4) is 0 Å². The number of benzene rings is 2. The standard InChI is InChI=1S/C21H25ClN2O4S/c1-16-4-6-17(7-5-16)14-24(15-21(25)23-13-19-3-2-12-28-19)29(26,27)20-10-8-18(22)9-11-20/h4-11,19H,2-3,12-15H2,1H3,(H,23,25)/t19-/m1/s1. The molecule has 156 valence electrons. The third-order valence-corrected chi connectivity index (χ3v) is 6.86. The zero-order valence-electron chi connectivity index (χ0n) is 16.3. The largest absolute Gasteiger partial charge is 0.376 e. The molecule has 1 heterocycles. The number of sulfonamides is 1. The number of nitrogens with one attached hydrogen (secondary N) is 1. The lowest BCUT2D eigenvalue weighted by molar-refractivity contribution is -0.121. The molecule has 6 nitrogen and oxygen atoms in total. The van der Waals surface area contributed by atoms with Crippen LogP contribution in [0.1, 0.15) is 24.0 Å². The fraction of sp³-hybridized carbons (Fsp3) is 0.381. The topological polar surface area (TPSA) is 75.7 Å². The van der Waals surface area contributed by atoms with Crippen molar-refractivity contribution in [3.05, 3.63) is 64.7 Å². The van der Waals surface area contributed by atoms with Crippen LogP contribution in [-0.2, 0) is 26.1 Å². The molecule has 1 aliphatic heterocycles. The lowest BCUT2D eigenvalue weighted by Crippen LogP contribution is -2.42. The smallest absolute Gasteiger partial charge is 0.243 e. The number of carbonyl (C=O) groups is 1. The highest BCUT2D eigenvalue weighted by molar-refractivity contribution is 7.89. The van der Waals surface area contributed by atoms with Crippen LogP contribution in [0.3, 0.4) is 0 Å². The fourth-order valence-electron chi connectivity index (χ4n) is 3.13. The average Bonchev–Trinajstić information content (AvgIpc) is 3.21. The Morgan fingerprint density at radius 1 is 1.17 bits per heavy atom. The van der Waals surface area contributed by atoms with E-state index in [4.69, 9.17) is 16.3 Å². The second-order valence-electron chi connectivity index (χ2n) is 7.15. The van der Waals surface area contributed by atoms with Gasteiger partial charge in [-0.05, 0) is 49.6 Å². The first-order valence-corrected chi connectivity index (χ1v) is 11.4. The molecule has 0 unspecified atom stereocenters. The van der Waals surface area contributed by atoms with Crippen molar-refractivity contribution in [2.45, 2.75) is 37.3 Å². The van der Waals surface area contributed by atoms with Crippen molar-refractivity contribution in [2.24, 2.45) is 0 Å². The Morgan fingerprint density at radius 2 is 1.86 bits per heavy atom. The summed E-state index contributed by atoms with van der Waals surface area (Å²) >= 11 is 5.89. The molecule has 1 atom stereocenters. The number of aryl methyl sites for hydroxylation is 1. The number of ether oxygens (including phenoxy) is 1. The van der Waals surface area contributed by atoms with Gasteiger partial charge in [0.05, 0.1) is 17.5 Å². The van der Waals surface area contributed by atoms with Crippen LogP contribution < -0.4 is 5.32 Å². The van der Waals surface area contributed by atoms with Crippen molar-refractivity contribution in [1.82, 2.24) is 9.62 Å². The molecule has 1 aliphatic rings. The van der Waals surface area contributed by atoms with Gasteiger partial charge >= 0.3 is 0 Å². The van der Waals surface area contributed by atoms with E-state index in [0.29, 0.717) is 18.2 Å². The monoisotopic (exact) mass is 436 g/mol. The summed E-state index contributed by atoms with van der Waals surface area (Å²) in [5.74, 6) is -0.356. The van der Waals surface area contributed by atoms with Crippen LogP contribution in [0.25, 0.3) is 0 Å². The molecule has 0 aromatic heterocycles. The maximum Gasteiger partial charge on any atom is 0.243 e. The molecule has 0 aliphatic carbocycles. The summed E-state index contributed by atoms with van der Waals surface area (Å²) < 4.78 is 33.1. The molecule has 0 radical (unpaired) electrons. The van der Waals surface area contributed by atoms with E-state index in [0.717, 1.165) is 24.0 Å². The molecule has 1 saturated heterocycles. The van der Waals surface area contributed by atoms with Gasteiger partial charge in [-0.25, -0.2) is 8.42 Å². The predicted octanol–water partition coefficient (Wildman–Crippen LogP) is 3.13. The number of rotatable bonds is 8. The van der Waals surface area contributed by atoms with Crippen LogP contribution in [0.2, 0.25) is 5.02 Å². The average molecular weight is 437 g/mol. The maximum absolute atomic E-state index is 13.2. The fourth-order valence-corrected chi connectivity index (χ4v) is 4.64. The molecule has 29 heavy (non-hydrogen) atoms. The van der Waals surface area contributed by atoms with Gasteiger partial charge in [0.25, 0.3) is 0 Å². The van der Waals surface area contributed by atoms with E-state index < -0.39 is 10.0 Å². The predicted molar refractivity (Wildman–Crippen MR) is 112 cm³/mol. The van der Waals surface area contributed by atoms with Gasteiger partial charge in [-0.3, -0.25) is 4.79 Å². The van der Waals surface area contributed by atoms with Crippen LogP contribution in [0.4, 0.5) is 0 Å². The quantitative estimate of drug-likeness (QED) is 0.689. The minimum absolute atomic E-state index is 0.00243. The molecular weight excluding hydrogens is 412 g/mol. The van der Waals surface area contributed by atoms with Gasteiger partial charge in [0.15, 0.2) is 0 Å². The normalized spacial score (nSPS) is 16.9. The molecule has 1 amide bonds. The van der Waals surface area contributed by atoms with Crippen molar-refractivity contribution in [1.29, 1.82) is 0 Å². The van der Waals surface area contributed by atoms with Gasteiger partial charge in [0, 0.05) is 24.7 Å². The molecule has 0 bridgehead atoms. The van der Waals surface area contributed by atoms with Crippen LogP contribution in [-0.4, -0.2) is 44.4 Å². The molecule has 8 heteroatoms. The number of nitrogens with zero attached hydrogens (tertiary/aromatic N) is 1. The molecule has 1 N–H and O–H groups in total. The minimum atomic E-state index is -3.88. The minimum Gasteiger partial charge on any atom is -0.376 e. The second-order valence-corrected chi connectivity index (χ2v) is 9.53. The highest BCUT2D eigenvalue weighted by Crippen LogP contribution is 2.21. The molecule has 2 aromatic carbocycles. The molecular formula is C21H25ClN2O4S. The van der Waals surface area contributed by atoms with E-state index in [1.54, 1.807) is 0 Å². The van der Waals surface area contributed by atoms with Gasteiger partial charge in [0.1, 0.15) is 0 Å². The lowest BCUT2D eigenvalue weighted by atomic mass is 10.1. The lowest BCUT2D eigenvalue weighted by Gasteiger charge is -2.22. The third-order valence-electron chi connectivity index (χ3n) is 4.80. The van der Waals surface area contributed by atoms with E-state index in [2.05, 4.69) is 5.32 Å². The third kappa shape index (κ3) is 6.02. The highest BCUT2D eigenvalue weighted by Gasteiger charge is 2.27. The first kappa shape index (κ1) is 21.8. The second kappa shape index (κ2) is 9.71.